The zero-order valence-electron chi connectivity index (χ0n) is 20.0. The van der Waals surface area contributed by atoms with E-state index in [2.05, 4.69) is 29.6 Å². The van der Waals surface area contributed by atoms with E-state index in [4.69, 9.17) is 4.74 Å². The number of carboxylic acid groups (broad SMARTS) is 1. The first-order chi connectivity index (χ1) is 16.9. The number of piperidine rings is 1. The van der Waals surface area contributed by atoms with E-state index >= 15 is 0 Å². The third-order valence-electron chi connectivity index (χ3n) is 7.71. The number of alkyl carbamates (subject to hydrolysis) is 1. The molecule has 1 aliphatic heterocycles. The lowest BCUT2D eigenvalue weighted by atomic mass is 9.91. The molecule has 2 aromatic rings. The van der Waals surface area contributed by atoms with Gasteiger partial charge in [0.2, 0.25) is 5.91 Å². The van der Waals surface area contributed by atoms with E-state index < -0.39 is 24.0 Å². The van der Waals surface area contributed by atoms with E-state index in [0.717, 1.165) is 35.1 Å². The summed E-state index contributed by atoms with van der Waals surface area (Å²) < 4.78 is 5.69. The van der Waals surface area contributed by atoms with Gasteiger partial charge >= 0.3 is 12.1 Å². The van der Waals surface area contributed by atoms with Crippen LogP contribution in [0.5, 0.6) is 0 Å². The van der Waals surface area contributed by atoms with Crippen molar-refractivity contribution in [1.82, 2.24) is 10.2 Å². The van der Waals surface area contributed by atoms with Gasteiger partial charge in [0.05, 0.1) is 5.92 Å². The van der Waals surface area contributed by atoms with Crippen LogP contribution in [0.4, 0.5) is 4.79 Å². The number of carbonyl (C=O) groups is 3. The second kappa shape index (κ2) is 9.72. The second-order valence-electron chi connectivity index (χ2n) is 10.1. The maximum absolute atomic E-state index is 13.4. The Hall–Kier alpha value is -3.35. The van der Waals surface area contributed by atoms with E-state index in [1.165, 1.54) is 0 Å². The summed E-state index contributed by atoms with van der Waals surface area (Å²) in [6, 6.07) is 15.5. The molecular weight excluding hydrogens is 444 g/mol. The van der Waals surface area contributed by atoms with Crippen molar-refractivity contribution in [2.75, 3.05) is 13.2 Å². The largest absolute Gasteiger partial charge is 0.481 e. The maximum Gasteiger partial charge on any atom is 0.407 e. The fraction of sp³-hybridized carbons (Fsp3) is 0.464. The minimum Gasteiger partial charge on any atom is -0.481 e. The third kappa shape index (κ3) is 4.90. The van der Waals surface area contributed by atoms with Gasteiger partial charge in [0.15, 0.2) is 0 Å². The van der Waals surface area contributed by atoms with Crippen LogP contribution in [0.25, 0.3) is 11.1 Å². The number of hydrogen-bond acceptors (Lipinski definition) is 4. The highest BCUT2D eigenvalue weighted by molar-refractivity contribution is 5.86. The van der Waals surface area contributed by atoms with Gasteiger partial charge in [-0.2, -0.15) is 0 Å². The number of carboxylic acids is 1. The number of carbonyl (C=O) groups excluding carboxylic acids is 2. The first kappa shape index (κ1) is 23.4. The summed E-state index contributed by atoms with van der Waals surface area (Å²) in [5, 5.41) is 12.2. The van der Waals surface area contributed by atoms with Crippen LogP contribution in [0.1, 0.15) is 56.1 Å². The van der Waals surface area contributed by atoms with Crippen LogP contribution in [0.3, 0.4) is 0 Å². The fourth-order valence-corrected chi connectivity index (χ4v) is 5.61. The van der Waals surface area contributed by atoms with Crippen LogP contribution in [0.2, 0.25) is 0 Å². The number of fused-ring (bicyclic) bond motifs is 3. The molecule has 2 aliphatic carbocycles. The molecule has 3 aliphatic rings. The zero-order valence-corrected chi connectivity index (χ0v) is 20.0. The Kier molecular flexibility index (Phi) is 6.50. The van der Waals surface area contributed by atoms with Crippen LogP contribution in [0.15, 0.2) is 48.5 Å². The minimum atomic E-state index is -0.810. The van der Waals surface area contributed by atoms with E-state index in [-0.39, 0.29) is 24.5 Å². The molecule has 3 atom stereocenters. The van der Waals surface area contributed by atoms with Crippen molar-refractivity contribution in [2.24, 2.45) is 11.8 Å². The first-order valence-corrected chi connectivity index (χ1v) is 12.6. The number of benzene rings is 2. The smallest absolute Gasteiger partial charge is 0.407 e. The molecule has 2 aromatic carbocycles. The van der Waals surface area contributed by atoms with Crippen molar-refractivity contribution in [2.45, 2.75) is 57.0 Å². The lowest BCUT2D eigenvalue weighted by Crippen LogP contribution is -2.54. The van der Waals surface area contributed by atoms with Gasteiger partial charge in [0.25, 0.3) is 0 Å². The summed E-state index contributed by atoms with van der Waals surface area (Å²) in [5.41, 5.74) is 4.61. The van der Waals surface area contributed by atoms with Crippen LogP contribution in [-0.2, 0) is 14.3 Å². The molecule has 2 unspecified atom stereocenters. The lowest BCUT2D eigenvalue weighted by molar-refractivity contribution is -0.148. The second-order valence-corrected chi connectivity index (χ2v) is 10.1. The third-order valence-corrected chi connectivity index (χ3v) is 7.71. The van der Waals surface area contributed by atoms with E-state index in [1.54, 1.807) is 4.90 Å². The normalized spacial score (nSPS) is 22.1. The fourth-order valence-electron chi connectivity index (χ4n) is 5.61. The Morgan fingerprint density at radius 2 is 1.66 bits per heavy atom. The highest BCUT2D eigenvalue weighted by Gasteiger charge is 2.38. The van der Waals surface area contributed by atoms with Crippen LogP contribution >= 0.6 is 0 Å². The number of nitrogens with one attached hydrogen (secondary N) is 1. The highest BCUT2D eigenvalue weighted by Crippen LogP contribution is 2.44. The molecule has 35 heavy (non-hydrogen) atoms. The monoisotopic (exact) mass is 476 g/mol. The molecule has 0 spiro atoms. The van der Waals surface area contributed by atoms with Crippen molar-refractivity contribution < 1.29 is 24.2 Å². The SMILES string of the molecule is CC1CC(C(=O)O)CCN1C(=O)[C@H](CC1CC1)NC(=O)OCC1c2ccccc2-c2ccccc21. The van der Waals surface area contributed by atoms with Crippen molar-refractivity contribution >= 4 is 18.0 Å². The Bertz CT molecular complexity index is 1080. The molecule has 184 valence electrons. The Labute approximate surface area is 205 Å². The van der Waals surface area contributed by atoms with Gasteiger partial charge in [-0.15, -0.1) is 0 Å². The van der Waals surface area contributed by atoms with Gasteiger partial charge in [0, 0.05) is 18.5 Å². The topological polar surface area (TPSA) is 95.9 Å². The van der Waals surface area contributed by atoms with Crippen molar-refractivity contribution in [3.8, 4) is 11.1 Å². The molecule has 1 saturated heterocycles. The summed E-state index contributed by atoms with van der Waals surface area (Å²) in [5.74, 6) is -0.978. The number of rotatable bonds is 7. The van der Waals surface area contributed by atoms with Crippen molar-refractivity contribution in [3.63, 3.8) is 0 Å². The van der Waals surface area contributed by atoms with Gasteiger partial charge in [-0.3, -0.25) is 9.59 Å². The standard InChI is InChI=1S/C28H32N2O5/c1-17-14-19(27(32)33)12-13-30(17)26(31)25(15-18-10-11-18)29-28(34)35-16-24-22-8-4-2-6-20(22)21-7-3-5-9-23(21)24/h2-9,17-19,24-25H,10-16H2,1H3,(H,29,34)(H,32,33)/t17?,19?,25-/m0/s1. The first-order valence-electron chi connectivity index (χ1n) is 12.6. The Morgan fingerprint density at radius 1 is 1.03 bits per heavy atom. The van der Waals surface area contributed by atoms with Crippen LogP contribution in [-0.4, -0.2) is 53.2 Å². The van der Waals surface area contributed by atoms with E-state index in [0.29, 0.717) is 31.7 Å². The number of likely N-dealkylation sites (tertiary alicyclic amines) is 1. The molecule has 2 N–H and O–H groups in total. The summed E-state index contributed by atoms with van der Waals surface area (Å²) in [6.45, 7) is 2.48. The van der Waals surface area contributed by atoms with Gasteiger partial charge in [0.1, 0.15) is 12.6 Å². The number of amides is 2. The number of hydrogen-bond donors (Lipinski definition) is 2. The number of nitrogens with zero attached hydrogens (tertiary/aromatic N) is 1. The van der Waals surface area contributed by atoms with Crippen molar-refractivity contribution in [1.29, 1.82) is 0 Å². The molecule has 7 heteroatoms. The summed E-state index contributed by atoms with van der Waals surface area (Å²) >= 11 is 0. The Morgan fingerprint density at radius 3 is 2.23 bits per heavy atom. The van der Waals surface area contributed by atoms with Gasteiger partial charge < -0.3 is 20.1 Å². The number of ether oxygens (including phenoxy) is 1. The molecule has 0 bridgehead atoms. The maximum atomic E-state index is 13.4. The lowest BCUT2D eigenvalue weighted by Gasteiger charge is -2.38. The molecule has 2 fully saturated rings. The summed E-state index contributed by atoms with van der Waals surface area (Å²) in [7, 11) is 0. The molecule has 0 radical (unpaired) electrons. The zero-order chi connectivity index (χ0) is 24.5. The molecule has 2 amide bonds. The van der Waals surface area contributed by atoms with Gasteiger partial charge in [-0.25, -0.2) is 4.79 Å². The molecule has 1 heterocycles. The van der Waals surface area contributed by atoms with Gasteiger partial charge in [-0.05, 0) is 54.4 Å². The van der Waals surface area contributed by atoms with Crippen molar-refractivity contribution in [3.05, 3.63) is 59.7 Å². The molecule has 7 nitrogen and oxygen atoms in total. The van der Waals surface area contributed by atoms with E-state index in [1.807, 2.05) is 31.2 Å². The average molecular weight is 477 g/mol. The minimum absolute atomic E-state index is 0.0409. The Balaban J connectivity index is 1.24. The number of aliphatic carboxylic acids is 1. The summed E-state index contributed by atoms with van der Waals surface area (Å²) in [6.07, 6.45) is 3.00. The predicted molar refractivity (Wildman–Crippen MR) is 131 cm³/mol. The van der Waals surface area contributed by atoms with Crippen LogP contribution < -0.4 is 5.32 Å². The predicted octanol–water partition coefficient (Wildman–Crippen LogP) is 4.41. The average Bonchev–Trinajstić information content (AvgIpc) is 3.62. The molecule has 0 aromatic heterocycles. The highest BCUT2D eigenvalue weighted by atomic mass is 16.5. The molecule has 5 rings (SSSR count). The van der Waals surface area contributed by atoms with Crippen LogP contribution in [0, 0.1) is 11.8 Å². The molecular formula is C28H32N2O5. The molecule has 1 saturated carbocycles. The quantitative estimate of drug-likeness (QED) is 0.617. The van der Waals surface area contributed by atoms with Gasteiger partial charge in [-0.1, -0.05) is 61.4 Å². The summed E-state index contributed by atoms with van der Waals surface area (Å²) in [4.78, 5) is 39.3. The van der Waals surface area contributed by atoms with E-state index in [9.17, 15) is 19.5 Å².